The Morgan fingerprint density at radius 2 is 2.06 bits per heavy atom. The van der Waals surface area contributed by atoms with E-state index in [1.807, 2.05) is 0 Å². The Bertz CT molecular complexity index is 1150. The van der Waals surface area contributed by atoms with Gasteiger partial charge in [-0.3, -0.25) is 4.79 Å². The number of anilines is 1. The average Bonchev–Trinajstić information content (AvgIpc) is 3.16. The first-order valence-electron chi connectivity index (χ1n) is 9.93. The smallest absolute Gasteiger partial charge is 0.340 e. The van der Waals surface area contributed by atoms with Gasteiger partial charge in [-0.1, -0.05) is 11.8 Å². The molecule has 0 spiro atoms. The van der Waals surface area contributed by atoms with Crippen LogP contribution in [0.3, 0.4) is 0 Å². The average molecular weight is 521 g/mol. The van der Waals surface area contributed by atoms with Crippen molar-refractivity contribution in [3.05, 3.63) is 47.7 Å². The van der Waals surface area contributed by atoms with E-state index in [0.29, 0.717) is 0 Å². The molecule has 1 aromatic carbocycles. The van der Waals surface area contributed by atoms with Gasteiger partial charge in [-0.15, -0.1) is 0 Å². The molecule has 1 amide bonds. The van der Waals surface area contributed by atoms with Crippen LogP contribution in [0.5, 0.6) is 5.88 Å². The number of nitrogens with one attached hydrogen (secondary N) is 1. The van der Waals surface area contributed by atoms with E-state index in [1.165, 1.54) is 12.1 Å². The minimum absolute atomic E-state index is 0.0701. The number of carbonyl (C=O) groups is 1. The zero-order chi connectivity index (χ0) is 25.4. The maximum atomic E-state index is 15.6. The number of carbonyl (C=O) groups excluding carboxylic acids is 1. The number of alkyl halides is 5. The van der Waals surface area contributed by atoms with Crippen LogP contribution >= 0.6 is 11.8 Å². The number of ether oxygens (including phenoxy) is 2. The van der Waals surface area contributed by atoms with Crippen molar-refractivity contribution in [2.45, 2.75) is 23.6 Å². The van der Waals surface area contributed by atoms with E-state index in [1.54, 1.807) is 0 Å². The molecule has 0 radical (unpaired) electrons. The Morgan fingerprint density at radius 1 is 1.29 bits per heavy atom. The molecule has 2 aromatic rings. The van der Waals surface area contributed by atoms with Crippen molar-refractivity contribution in [3.8, 4) is 5.88 Å². The molecule has 1 saturated heterocycles. The minimum Gasteiger partial charge on any atom is -0.470 e. The van der Waals surface area contributed by atoms with Crippen molar-refractivity contribution in [3.63, 3.8) is 0 Å². The first-order chi connectivity index (χ1) is 16.5. The number of benzene rings is 1. The lowest BCUT2D eigenvalue weighted by Crippen LogP contribution is -2.52. The topological polar surface area (TPSA) is 112 Å². The van der Waals surface area contributed by atoms with Gasteiger partial charge in [0.25, 0.3) is 5.91 Å². The lowest BCUT2D eigenvalue weighted by Gasteiger charge is -2.38. The molecule has 4 rings (SSSR count). The lowest BCUT2D eigenvalue weighted by molar-refractivity contribution is -0.148. The van der Waals surface area contributed by atoms with Gasteiger partial charge in [0.2, 0.25) is 5.88 Å². The molecule has 2 aliphatic heterocycles. The SMILES string of the molecule is NC1=N[C@@]2(c3cc(NC(=O)c4cnc(OCC(F)(F)C(F)F)cn4)ccc3F)COC[C@@]2(F)CS1. The van der Waals surface area contributed by atoms with Crippen LogP contribution in [-0.4, -0.2) is 64.6 Å². The van der Waals surface area contributed by atoms with Gasteiger partial charge in [0.15, 0.2) is 23.0 Å². The summed E-state index contributed by atoms with van der Waals surface area (Å²) >= 11 is 0.988. The maximum absolute atomic E-state index is 15.6. The highest BCUT2D eigenvalue weighted by Crippen LogP contribution is 2.50. The molecule has 2 atom stereocenters. The van der Waals surface area contributed by atoms with Gasteiger partial charge in [0.05, 0.1) is 25.6 Å². The highest BCUT2D eigenvalue weighted by atomic mass is 32.2. The number of thioether (sulfide) groups is 1. The third kappa shape index (κ3) is 4.74. The van der Waals surface area contributed by atoms with Crippen LogP contribution in [0, 0.1) is 5.82 Å². The third-order valence-corrected chi connectivity index (χ3v) is 6.38. The van der Waals surface area contributed by atoms with Crippen LogP contribution in [0.1, 0.15) is 16.1 Å². The molecule has 1 fully saturated rings. The molecule has 0 aliphatic carbocycles. The lowest BCUT2D eigenvalue weighted by atomic mass is 9.79. The quantitative estimate of drug-likeness (QED) is 0.539. The van der Waals surface area contributed by atoms with Crippen LogP contribution in [0.2, 0.25) is 0 Å². The number of rotatable bonds is 7. The minimum atomic E-state index is -4.38. The second-order valence-electron chi connectivity index (χ2n) is 7.80. The van der Waals surface area contributed by atoms with Crippen LogP contribution < -0.4 is 15.8 Å². The summed E-state index contributed by atoms with van der Waals surface area (Å²) in [6.45, 7) is -2.19. The largest absolute Gasteiger partial charge is 0.470 e. The molecule has 3 heterocycles. The Kier molecular flexibility index (Phi) is 6.57. The standard InChI is InChI=1S/C20H17F6N5O3S/c21-12-2-1-10(3-11(12)19-7-33-6-18(19,24)9-35-17(27)31-19)30-15(32)13-4-29-14(5-28-13)34-8-20(25,26)16(22)23/h1-5,16H,6-9H2,(H2,27,31)(H,30,32)/t18-,19-/m1/s1. The van der Waals surface area contributed by atoms with E-state index in [4.69, 9.17) is 10.5 Å². The summed E-state index contributed by atoms with van der Waals surface area (Å²) in [4.78, 5) is 24.0. The van der Waals surface area contributed by atoms with E-state index in [-0.39, 0.29) is 41.1 Å². The van der Waals surface area contributed by atoms with E-state index in [9.17, 15) is 26.7 Å². The van der Waals surface area contributed by atoms with Gasteiger partial charge in [-0.05, 0) is 18.2 Å². The molecule has 15 heteroatoms. The zero-order valence-electron chi connectivity index (χ0n) is 17.6. The zero-order valence-corrected chi connectivity index (χ0v) is 18.4. The molecular weight excluding hydrogens is 504 g/mol. The molecule has 35 heavy (non-hydrogen) atoms. The third-order valence-electron chi connectivity index (χ3n) is 5.40. The van der Waals surface area contributed by atoms with Crippen molar-refractivity contribution in [1.82, 2.24) is 9.97 Å². The Labute approximate surface area is 198 Å². The normalized spacial score (nSPS) is 24.1. The molecule has 0 saturated carbocycles. The highest BCUT2D eigenvalue weighted by molar-refractivity contribution is 8.13. The van der Waals surface area contributed by atoms with E-state index >= 15 is 4.39 Å². The number of aliphatic imine (C=N–C) groups is 1. The van der Waals surface area contributed by atoms with Crippen molar-refractivity contribution >= 4 is 28.5 Å². The summed E-state index contributed by atoms with van der Waals surface area (Å²) in [7, 11) is 0. The number of halogens is 6. The van der Waals surface area contributed by atoms with Crippen molar-refractivity contribution < 1.29 is 40.6 Å². The van der Waals surface area contributed by atoms with Gasteiger partial charge >= 0.3 is 12.3 Å². The monoisotopic (exact) mass is 521 g/mol. The highest BCUT2D eigenvalue weighted by Gasteiger charge is 2.61. The predicted molar refractivity (Wildman–Crippen MR) is 113 cm³/mol. The molecule has 1 aromatic heterocycles. The Balaban J connectivity index is 1.51. The van der Waals surface area contributed by atoms with Gasteiger partial charge in [-0.25, -0.2) is 32.5 Å². The number of hydrogen-bond acceptors (Lipinski definition) is 8. The molecule has 0 unspecified atom stereocenters. The van der Waals surface area contributed by atoms with Crippen molar-refractivity contribution in [1.29, 1.82) is 0 Å². The van der Waals surface area contributed by atoms with E-state index in [0.717, 1.165) is 30.2 Å². The van der Waals surface area contributed by atoms with Gasteiger partial charge in [0.1, 0.15) is 11.5 Å². The molecule has 0 bridgehead atoms. The number of fused-ring (bicyclic) bond motifs is 1. The summed E-state index contributed by atoms with van der Waals surface area (Å²) in [5.41, 5.74) is 1.65. The van der Waals surface area contributed by atoms with Crippen molar-refractivity contribution in [2.24, 2.45) is 10.7 Å². The summed E-state index contributed by atoms with van der Waals surface area (Å²) in [5.74, 6) is -6.58. The fraction of sp³-hybridized carbons (Fsp3) is 0.400. The Morgan fingerprint density at radius 3 is 2.74 bits per heavy atom. The summed E-state index contributed by atoms with van der Waals surface area (Å²) < 4.78 is 90.5. The van der Waals surface area contributed by atoms with Crippen LogP contribution in [0.4, 0.5) is 32.0 Å². The van der Waals surface area contributed by atoms with Crippen LogP contribution in [0.25, 0.3) is 0 Å². The first kappa shape index (κ1) is 25.0. The molecule has 2 aliphatic rings. The number of aromatic nitrogens is 2. The summed E-state index contributed by atoms with van der Waals surface area (Å²) in [6, 6.07) is 3.46. The van der Waals surface area contributed by atoms with Crippen molar-refractivity contribution in [2.75, 3.05) is 30.9 Å². The molecule has 3 N–H and O–H groups in total. The molecule has 8 nitrogen and oxygen atoms in total. The van der Waals surface area contributed by atoms with Gasteiger partial charge in [0, 0.05) is 17.0 Å². The van der Waals surface area contributed by atoms with Gasteiger partial charge in [-0.2, -0.15) is 8.78 Å². The molecule has 188 valence electrons. The fourth-order valence-corrected chi connectivity index (χ4v) is 4.47. The number of nitrogens with zero attached hydrogens (tertiary/aromatic N) is 3. The summed E-state index contributed by atoms with van der Waals surface area (Å²) in [5, 5.41) is 2.51. The number of nitrogens with two attached hydrogens (primary N) is 1. The number of hydrogen-bond donors (Lipinski definition) is 2. The maximum Gasteiger partial charge on any atom is 0.340 e. The number of amides is 1. The number of amidine groups is 1. The van der Waals surface area contributed by atoms with Crippen LogP contribution in [0.15, 0.2) is 35.6 Å². The predicted octanol–water partition coefficient (Wildman–Crippen LogP) is 3.14. The second kappa shape index (κ2) is 9.18. The fourth-order valence-electron chi connectivity index (χ4n) is 3.55. The van der Waals surface area contributed by atoms with E-state index in [2.05, 4.69) is 25.0 Å². The summed E-state index contributed by atoms with van der Waals surface area (Å²) in [6.07, 6.45) is -2.25. The van der Waals surface area contributed by atoms with Crippen LogP contribution in [-0.2, 0) is 10.3 Å². The van der Waals surface area contributed by atoms with E-state index < -0.39 is 47.8 Å². The Hall–Kier alpha value is -3.07. The van der Waals surface area contributed by atoms with Gasteiger partial charge < -0.3 is 20.5 Å². The first-order valence-corrected chi connectivity index (χ1v) is 10.9. The second-order valence-corrected chi connectivity index (χ2v) is 8.79. The molecular formula is C20H17F6N5O3S.